The first-order valence-electron chi connectivity index (χ1n) is 11.4. The zero-order valence-electron chi connectivity index (χ0n) is 20.1. The van der Waals surface area contributed by atoms with Crippen LogP contribution in [0.1, 0.15) is 18.7 Å². The minimum absolute atomic E-state index is 0.0465. The lowest BCUT2D eigenvalue weighted by Gasteiger charge is -2.22. The van der Waals surface area contributed by atoms with Crippen LogP contribution in [-0.4, -0.2) is 31.6 Å². The molecule has 1 atom stereocenters. The van der Waals surface area contributed by atoms with Crippen molar-refractivity contribution >= 4 is 28.2 Å². The number of fused-ring (bicyclic) bond motifs is 1. The molecule has 182 valence electrons. The van der Waals surface area contributed by atoms with Gasteiger partial charge in [0.2, 0.25) is 11.6 Å². The van der Waals surface area contributed by atoms with Crippen molar-refractivity contribution in [3.05, 3.63) is 101 Å². The van der Waals surface area contributed by atoms with Crippen LogP contribution in [0.2, 0.25) is 0 Å². The number of nitrogen functional groups attached to an aromatic ring is 1. The van der Waals surface area contributed by atoms with Gasteiger partial charge in [0.25, 0.3) is 5.56 Å². The van der Waals surface area contributed by atoms with Gasteiger partial charge in [-0.3, -0.25) is 9.36 Å². The minimum atomic E-state index is -0.423. The number of anilines is 2. The molecule has 10 heteroatoms. The Morgan fingerprint density at radius 3 is 2.51 bits per heavy atom. The number of nitrogens with two attached hydrogens (primary N) is 1. The molecule has 0 aliphatic heterocycles. The maximum Gasteiger partial charge on any atom is 0.264 e. The van der Waals surface area contributed by atoms with Crippen molar-refractivity contribution in [3.63, 3.8) is 0 Å². The highest BCUT2D eigenvalue weighted by molar-refractivity contribution is 5.95. The number of pyridine rings is 1. The molecule has 0 radical (unpaired) electrons. The van der Waals surface area contributed by atoms with Crippen molar-refractivity contribution in [1.82, 2.24) is 24.5 Å². The van der Waals surface area contributed by atoms with E-state index in [1.165, 1.54) is 6.20 Å². The van der Waals surface area contributed by atoms with E-state index in [4.69, 9.17) is 17.0 Å². The van der Waals surface area contributed by atoms with E-state index in [0.29, 0.717) is 39.7 Å². The average molecular weight is 491 g/mol. The third-order valence-corrected chi connectivity index (χ3v) is 5.90. The van der Waals surface area contributed by atoms with Gasteiger partial charge in [0, 0.05) is 23.1 Å². The Morgan fingerprint density at radius 1 is 1.05 bits per heavy atom. The first kappa shape index (κ1) is 23.4. The number of para-hydroxylation sites is 1. The quantitative estimate of drug-likeness (QED) is 0.332. The number of rotatable bonds is 6. The molecular formula is C27H22N8O2. The van der Waals surface area contributed by atoms with E-state index >= 15 is 0 Å². The molecule has 0 unspecified atom stereocenters. The van der Waals surface area contributed by atoms with Crippen LogP contribution in [0.3, 0.4) is 0 Å². The molecule has 0 aliphatic carbocycles. The molecule has 3 N–H and O–H groups in total. The van der Waals surface area contributed by atoms with Crippen LogP contribution < -0.4 is 21.3 Å². The molecule has 0 amide bonds. The van der Waals surface area contributed by atoms with E-state index in [0.717, 1.165) is 5.39 Å². The van der Waals surface area contributed by atoms with Gasteiger partial charge < -0.3 is 15.8 Å². The Morgan fingerprint density at radius 2 is 1.81 bits per heavy atom. The molecule has 0 bridgehead atoms. The molecular weight excluding hydrogens is 468 g/mol. The maximum atomic E-state index is 14.2. The number of hydrogen-bond donors (Lipinski definition) is 2. The topological polar surface area (TPSA) is 125 Å². The van der Waals surface area contributed by atoms with E-state index in [1.54, 1.807) is 24.1 Å². The van der Waals surface area contributed by atoms with Gasteiger partial charge in [-0.15, -0.1) is 0 Å². The van der Waals surface area contributed by atoms with Gasteiger partial charge in [-0.05, 0) is 30.5 Å². The molecule has 5 aromatic rings. The van der Waals surface area contributed by atoms with Crippen LogP contribution in [-0.2, 0) is 0 Å². The third-order valence-electron chi connectivity index (χ3n) is 5.90. The monoisotopic (exact) mass is 490 g/mol. The summed E-state index contributed by atoms with van der Waals surface area (Å²) in [5, 5.41) is 4.45. The number of benzene rings is 2. The van der Waals surface area contributed by atoms with Gasteiger partial charge in [-0.2, -0.15) is 0 Å². The van der Waals surface area contributed by atoms with Crippen LogP contribution >= 0.6 is 0 Å². The highest BCUT2D eigenvalue weighted by Gasteiger charge is 2.20. The normalized spacial score (nSPS) is 11.6. The summed E-state index contributed by atoms with van der Waals surface area (Å²) in [6, 6.07) is 16.4. The lowest BCUT2D eigenvalue weighted by Crippen LogP contribution is -2.26. The SMILES string of the molecule is [C-]#[N+]c1cnc(N)nc1N[C@@H](C)c1cc2cccc(-c3ncc(OC)cn3)c2c(=O)n1-c1ccccc1. The van der Waals surface area contributed by atoms with Gasteiger partial charge in [0.15, 0.2) is 11.6 Å². The molecule has 3 aromatic heterocycles. The van der Waals surface area contributed by atoms with Gasteiger partial charge in [-0.25, -0.2) is 24.8 Å². The second-order valence-corrected chi connectivity index (χ2v) is 8.20. The van der Waals surface area contributed by atoms with Crippen LogP contribution in [0.25, 0.3) is 32.7 Å². The largest absolute Gasteiger partial charge is 0.494 e. The smallest absolute Gasteiger partial charge is 0.264 e. The summed E-state index contributed by atoms with van der Waals surface area (Å²) in [4.78, 5) is 34.5. The standard InChI is InChI=1S/C27H22N8O2/c1-16(33-25-21(29-2)15-32-27(28)34-25)22-12-17-8-7-11-20(24-30-13-19(37-3)14-31-24)23(17)26(36)35(22)18-9-5-4-6-10-18/h4-16H,1,3H3,(H3,28,32,33,34)/t16-/m0/s1. The minimum Gasteiger partial charge on any atom is -0.494 e. The van der Waals surface area contributed by atoms with Crippen molar-refractivity contribution in [3.8, 4) is 22.8 Å². The van der Waals surface area contributed by atoms with Crippen molar-refractivity contribution in [2.45, 2.75) is 13.0 Å². The second-order valence-electron chi connectivity index (χ2n) is 8.20. The van der Waals surface area contributed by atoms with Crippen molar-refractivity contribution < 1.29 is 4.74 Å². The number of nitrogens with one attached hydrogen (secondary N) is 1. The molecule has 0 aliphatic rings. The van der Waals surface area contributed by atoms with Crippen LogP contribution in [0.5, 0.6) is 5.75 Å². The Bertz CT molecular complexity index is 1690. The second kappa shape index (κ2) is 9.75. The fourth-order valence-corrected chi connectivity index (χ4v) is 4.15. The molecule has 0 saturated heterocycles. The lowest BCUT2D eigenvalue weighted by molar-refractivity contribution is 0.411. The van der Waals surface area contributed by atoms with E-state index < -0.39 is 6.04 Å². The van der Waals surface area contributed by atoms with Crippen molar-refractivity contribution in [2.75, 3.05) is 18.2 Å². The number of nitrogens with zero attached hydrogens (tertiary/aromatic N) is 6. The first-order valence-corrected chi connectivity index (χ1v) is 11.4. The van der Waals surface area contributed by atoms with Crippen LogP contribution in [0.4, 0.5) is 17.5 Å². The lowest BCUT2D eigenvalue weighted by atomic mass is 10.0. The van der Waals surface area contributed by atoms with Crippen molar-refractivity contribution in [2.24, 2.45) is 0 Å². The Kier molecular flexibility index (Phi) is 6.18. The summed E-state index contributed by atoms with van der Waals surface area (Å²) in [6.07, 6.45) is 4.51. The molecule has 5 rings (SSSR count). The predicted octanol–water partition coefficient (Wildman–Crippen LogP) is 4.55. The number of hydrogen-bond acceptors (Lipinski definition) is 8. The van der Waals surface area contributed by atoms with Gasteiger partial charge >= 0.3 is 0 Å². The molecule has 2 aromatic carbocycles. The predicted molar refractivity (Wildman–Crippen MR) is 142 cm³/mol. The maximum absolute atomic E-state index is 14.2. The summed E-state index contributed by atoms with van der Waals surface area (Å²) >= 11 is 0. The summed E-state index contributed by atoms with van der Waals surface area (Å²) in [7, 11) is 1.54. The zero-order valence-corrected chi connectivity index (χ0v) is 20.1. The zero-order chi connectivity index (χ0) is 25.9. The van der Waals surface area contributed by atoms with E-state index in [2.05, 4.69) is 30.1 Å². The number of methoxy groups -OCH3 is 1. The Balaban J connectivity index is 1.73. The number of aromatic nitrogens is 5. The highest BCUT2D eigenvalue weighted by atomic mass is 16.5. The molecule has 0 fully saturated rings. The summed E-state index contributed by atoms with van der Waals surface area (Å²) in [5.41, 5.74) is 7.74. The summed E-state index contributed by atoms with van der Waals surface area (Å²) in [6.45, 7) is 9.33. The van der Waals surface area contributed by atoms with Gasteiger partial charge in [0.1, 0.15) is 5.82 Å². The van der Waals surface area contributed by atoms with Gasteiger partial charge in [-0.1, -0.05) is 36.4 Å². The summed E-state index contributed by atoms with van der Waals surface area (Å²) in [5.74, 6) is 1.28. The Hall–Kier alpha value is -5.30. The Labute approximate surface area is 212 Å². The van der Waals surface area contributed by atoms with E-state index in [1.807, 2.05) is 61.5 Å². The molecule has 3 heterocycles. The first-order chi connectivity index (χ1) is 18.0. The molecule has 0 saturated carbocycles. The highest BCUT2D eigenvalue weighted by Crippen LogP contribution is 2.31. The molecule has 0 spiro atoms. The average Bonchev–Trinajstić information content (AvgIpc) is 2.93. The van der Waals surface area contributed by atoms with Crippen LogP contribution in [0.15, 0.2) is 78.0 Å². The third kappa shape index (κ3) is 4.41. The van der Waals surface area contributed by atoms with E-state index in [9.17, 15) is 4.79 Å². The number of ether oxygens (including phenoxy) is 1. The van der Waals surface area contributed by atoms with Crippen molar-refractivity contribution in [1.29, 1.82) is 0 Å². The van der Waals surface area contributed by atoms with Crippen LogP contribution in [0, 0.1) is 6.57 Å². The summed E-state index contributed by atoms with van der Waals surface area (Å²) < 4.78 is 6.82. The fraction of sp³-hybridized carbons (Fsp3) is 0.111. The van der Waals surface area contributed by atoms with E-state index in [-0.39, 0.29) is 17.2 Å². The fourth-order valence-electron chi connectivity index (χ4n) is 4.15. The molecule has 37 heavy (non-hydrogen) atoms. The molecule has 10 nitrogen and oxygen atoms in total. The van der Waals surface area contributed by atoms with Gasteiger partial charge in [0.05, 0.1) is 37.5 Å².